The van der Waals surface area contributed by atoms with Gasteiger partial charge < -0.3 is 20.8 Å². The van der Waals surface area contributed by atoms with Gasteiger partial charge in [-0.3, -0.25) is 9.78 Å². The molecule has 4 N–H and O–H groups in total. The molecule has 2 fully saturated rings. The normalized spacial score (nSPS) is 33.0. The number of amides is 1. The maximum atomic E-state index is 13.3. The highest BCUT2D eigenvalue weighted by Crippen LogP contribution is 2.62. The fourth-order valence-electron chi connectivity index (χ4n) is 6.98. The number of aromatic nitrogens is 2. The van der Waals surface area contributed by atoms with Crippen molar-refractivity contribution in [2.24, 2.45) is 16.7 Å². The fraction of sp³-hybridized carbons (Fsp3) is 0.667. The largest absolute Gasteiger partial charge is 0.396 e. The van der Waals surface area contributed by atoms with Crippen molar-refractivity contribution >= 4 is 28.1 Å². The molecule has 3 aliphatic carbocycles. The van der Waals surface area contributed by atoms with Gasteiger partial charge in [-0.15, -0.1) is 11.3 Å². The molecule has 1 amide bonds. The molecular formula is C27H38N4O3S. The van der Waals surface area contributed by atoms with Gasteiger partial charge in [0.25, 0.3) is 0 Å². The van der Waals surface area contributed by atoms with E-state index in [1.165, 1.54) is 19.3 Å². The number of rotatable bonds is 6. The summed E-state index contributed by atoms with van der Waals surface area (Å²) < 4.78 is 0. The lowest BCUT2D eigenvalue weighted by atomic mass is 9.47. The van der Waals surface area contributed by atoms with Gasteiger partial charge in [0, 0.05) is 34.9 Å². The highest BCUT2D eigenvalue weighted by molar-refractivity contribution is 7.15. The van der Waals surface area contributed by atoms with Crippen LogP contribution in [0.5, 0.6) is 0 Å². The molecule has 0 bridgehead atoms. The van der Waals surface area contributed by atoms with Crippen LogP contribution in [-0.4, -0.2) is 44.8 Å². The molecule has 8 heteroatoms. The number of hydrogen-bond donors (Lipinski definition) is 4. The molecule has 0 saturated heterocycles. The monoisotopic (exact) mass is 498 g/mol. The number of aliphatic hydroxyl groups excluding tert-OH is 2. The zero-order valence-electron chi connectivity index (χ0n) is 20.8. The molecule has 7 nitrogen and oxygen atoms in total. The van der Waals surface area contributed by atoms with Crippen LogP contribution >= 0.6 is 11.3 Å². The van der Waals surface area contributed by atoms with Crippen molar-refractivity contribution in [2.45, 2.75) is 89.7 Å². The average Bonchev–Trinajstić information content (AvgIpc) is 3.26. The summed E-state index contributed by atoms with van der Waals surface area (Å²) in [6, 6.07) is 4.12. The highest BCUT2D eigenvalue weighted by atomic mass is 32.1. The van der Waals surface area contributed by atoms with Crippen LogP contribution in [0.4, 0.5) is 10.8 Å². The number of carbonyl (C=O) groups is 1. The van der Waals surface area contributed by atoms with E-state index < -0.39 is 11.5 Å². The van der Waals surface area contributed by atoms with Crippen LogP contribution in [0.2, 0.25) is 0 Å². The quantitative estimate of drug-likeness (QED) is 0.466. The van der Waals surface area contributed by atoms with E-state index in [0.29, 0.717) is 12.8 Å². The smallest absolute Gasteiger partial charge is 0.220 e. The van der Waals surface area contributed by atoms with Crippen LogP contribution < -0.4 is 10.6 Å². The van der Waals surface area contributed by atoms with Gasteiger partial charge in [-0.1, -0.05) is 33.1 Å². The lowest BCUT2D eigenvalue weighted by molar-refractivity contribution is -0.144. The SMILES string of the molecule is C[C@]1(CO)[C@H]2Cc3sc(Nc4cccnc4)nc3[C@@H](CC(=O)NC3CCCCC3)[C@]2(C)CC[C@H]1O. The van der Waals surface area contributed by atoms with Crippen molar-refractivity contribution in [3.05, 3.63) is 35.1 Å². The number of nitrogens with zero attached hydrogens (tertiary/aromatic N) is 2. The van der Waals surface area contributed by atoms with E-state index in [1.54, 1.807) is 23.7 Å². The second-order valence-corrected chi connectivity index (χ2v) is 12.4. The Morgan fingerprint density at radius 1 is 1.23 bits per heavy atom. The Balaban J connectivity index is 1.48. The number of fused-ring (bicyclic) bond motifs is 2. The van der Waals surface area contributed by atoms with Crippen LogP contribution in [0.3, 0.4) is 0 Å². The Hall–Kier alpha value is -2.03. The first-order valence-electron chi connectivity index (χ1n) is 13.1. The first-order chi connectivity index (χ1) is 16.8. The molecule has 0 spiro atoms. The van der Waals surface area contributed by atoms with Crippen molar-refractivity contribution in [1.82, 2.24) is 15.3 Å². The first-order valence-corrected chi connectivity index (χ1v) is 13.9. The van der Waals surface area contributed by atoms with Crippen LogP contribution in [-0.2, 0) is 11.2 Å². The fourth-order valence-corrected chi connectivity index (χ4v) is 8.07. The van der Waals surface area contributed by atoms with Gasteiger partial charge in [-0.05, 0) is 55.6 Å². The van der Waals surface area contributed by atoms with Crippen molar-refractivity contribution in [2.75, 3.05) is 11.9 Å². The van der Waals surface area contributed by atoms with Crippen molar-refractivity contribution in [1.29, 1.82) is 0 Å². The second kappa shape index (κ2) is 9.79. The van der Waals surface area contributed by atoms with Crippen molar-refractivity contribution < 1.29 is 15.0 Å². The predicted molar refractivity (Wildman–Crippen MR) is 138 cm³/mol. The van der Waals surface area contributed by atoms with Crippen LogP contribution in [0.25, 0.3) is 0 Å². The maximum Gasteiger partial charge on any atom is 0.220 e. The zero-order chi connectivity index (χ0) is 24.6. The van der Waals surface area contributed by atoms with E-state index in [4.69, 9.17) is 4.98 Å². The first kappa shape index (κ1) is 24.7. The average molecular weight is 499 g/mol. The maximum absolute atomic E-state index is 13.3. The Morgan fingerprint density at radius 3 is 2.74 bits per heavy atom. The zero-order valence-corrected chi connectivity index (χ0v) is 21.6. The summed E-state index contributed by atoms with van der Waals surface area (Å²) in [6.07, 6.45) is 11.3. The number of aliphatic hydroxyl groups is 2. The lowest BCUT2D eigenvalue weighted by Crippen LogP contribution is -2.57. The molecule has 2 heterocycles. The molecule has 0 radical (unpaired) electrons. The third-order valence-corrected chi connectivity index (χ3v) is 10.2. The molecule has 0 aromatic carbocycles. The highest BCUT2D eigenvalue weighted by Gasteiger charge is 2.59. The number of pyridine rings is 1. The molecule has 35 heavy (non-hydrogen) atoms. The van der Waals surface area contributed by atoms with E-state index in [0.717, 1.165) is 47.1 Å². The predicted octanol–water partition coefficient (Wildman–Crippen LogP) is 4.54. The van der Waals surface area contributed by atoms with E-state index >= 15 is 0 Å². The summed E-state index contributed by atoms with van der Waals surface area (Å²) in [5.74, 6) is 0.107. The Kier molecular flexibility index (Phi) is 6.90. The van der Waals surface area contributed by atoms with Gasteiger partial charge in [0.1, 0.15) is 0 Å². The van der Waals surface area contributed by atoms with Gasteiger partial charge in [-0.2, -0.15) is 0 Å². The number of anilines is 2. The van der Waals surface area contributed by atoms with E-state index in [9.17, 15) is 15.0 Å². The van der Waals surface area contributed by atoms with E-state index in [2.05, 4.69) is 22.5 Å². The van der Waals surface area contributed by atoms with Gasteiger partial charge >= 0.3 is 0 Å². The summed E-state index contributed by atoms with van der Waals surface area (Å²) in [6.45, 7) is 4.20. The Bertz CT molecular complexity index is 1040. The van der Waals surface area contributed by atoms with Gasteiger partial charge in [0.15, 0.2) is 5.13 Å². The molecule has 190 valence electrons. The molecule has 2 aromatic rings. The molecule has 5 rings (SSSR count). The van der Waals surface area contributed by atoms with Crippen molar-refractivity contribution in [3.63, 3.8) is 0 Å². The molecule has 5 atom stereocenters. The molecule has 3 aliphatic rings. The Morgan fingerprint density at radius 2 is 2.03 bits per heavy atom. The molecule has 0 aliphatic heterocycles. The molecule has 0 unspecified atom stereocenters. The van der Waals surface area contributed by atoms with E-state index in [-0.39, 0.29) is 35.8 Å². The van der Waals surface area contributed by atoms with Gasteiger partial charge in [0.2, 0.25) is 5.91 Å². The van der Waals surface area contributed by atoms with Gasteiger partial charge in [0.05, 0.1) is 30.3 Å². The van der Waals surface area contributed by atoms with Gasteiger partial charge in [-0.25, -0.2) is 4.98 Å². The molecular weight excluding hydrogens is 460 g/mol. The Labute approximate surface area is 211 Å². The number of thiazole rings is 1. The summed E-state index contributed by atoms with van der Waals surface area (Å²) >= 11 is 1.62. The number of nitrogens with one attached hydrogen (secondary N) is 2. The van der Waals surface area contributed by atoms with Crippen LogP contribution in [0.1, 0.15) is 81.7 Å². The minimum atomic E-state index is -0.607. The second-order valence-electron chi connectivity index (χ2n) is 11.3. The van der Waals surface area contributed by atoms with Crippen LogP contribution in [0.15, 0.2) is 24.5 Å². The third kappa shape index (κ3) is 4.60. The van der Waals surface area contributed by atoms with E-state index in [1.807, 2.05) is 19.1 Å². The molecule has 2 saturated carbocycles. The van der Waals surface area contributed by atoms with Crippen molar-refractivity contribution in [3.8, 4) is 0 Å². The minimum Gasteiger partial charge on any atom is -0.396 e. The minimum absolute atomic E-state index is 0.0566. The standard InChI is InChI=1S/C27H38N4O3S/c1-26-11-10-22(33)27(2,16-32)21(26)14-20-24(31-25(35-20)30-18-9-6-12-28-15-18)19(26)13-23(34)29-17-7-4-3-5-8-17/h6,9,12,15,17,19,21-22,32-33H,3-5,7-8,10-11,13-14,16H2,1-2H3,(H,29,34)(H,30,31)/t19-,21+,22-,26+,27+/m1/s1. The number of hydrogen-bond acceptors (Lipinski definition) is 7. The summed E-state index contributed by atoms with van der Waals surface area (Å²) in [4.78, 5) is 23.7. The number of carbonyl (C=O) groups excluding carboxylic acids is 1. The summed E-state index contributed by atoms with van der Waals surface area (Å²) in [5, 5.41) is 28.9. The topological polar surface area (TPSA) is 107 Å². The van der Waals surface area contributed by atoms with Crippen LogP contribution in [0, 0.1) is 16.7 Å². The summed E-state index contributed by atoms with van der Waals surface area (Å²) in [5.41, 5.74) is 1.05. The summed E-state index contributed by atoms with van der Waals surface area (Å²) in [7, 11) is 0. The molecule has 2 aromatic heterocycles. The third-order valence-electron chi connectivity index (χ3n) is 9.17. The lowest BCUT2D eigenvalue weighted by Gasteiger charge is -2.58.